The summed E-state index contributed by atoms with van der Waals surface area (Å²) in [5, 5.41) is 7.53. The van der Waals surface area contributed by atoms with Crippen LogP contribution in [0.2, 0.25) is 10.0 Å². The van der Waals surface area contributed by atoms with Crippen LogP contribution in [0.5, 0.6) is 0 Å². The number of carbonyl (C=O) groups excluding carboxylic acids is 1. The molecule has 0 fully saturated rings. The zero-order valence-corrected chi connectivity index (χ0v) is 14.7. The zero-order chi connectivity index (χ0) is 16.8. The second-order valence-corrected chi connectivity index (χ2v) is 6.37. The second-order valence-electron chi connectivity index (χ2n) is 5.50. The summed E-state index contributed by atoms with van der Waals surface area (Å²) in [4.78, 5) is 12.1. The number of hydrogen-bond donors (Lipinski definition) is 2. The van der Waals surface area contributed by atoms with Crippen molar-refractivity contribution in [2.24, 2.45) is 0 Å². The Kier molecular flexibility index (Phi) is 6.46. The molecular weight excluding hydrogens is 331 g/mol. The van der Waals surface area contributed by atoms with E-state index in [2.05, 4.69) is 10.6 Å². The van der Waals surface area contributed by atoms with E-state index in [4.69, 9.17) is 23.2 Å². The minimum Gasteiger partial charge on any atom is -0.348 e. The topological polar surface area (TPSA) is 41.1 Å². The molecule has 2 N–H and O–H groups in total. The van der Waals surface area contributed by atoms with Crippen molar-refractivity contribution in [2.45, 2.75) is 25.9 Å². The molecule has 0 aliphatic rings. The average Bonchev–Trinajstić information content (AvgIpc) is 2.53. The molecule has 2 rings (SSSR count). The summed E-state index contributed by atoms with van der Waals surface area (Å²) in [6, 6.07) is 15.1. The Morgan fingerprint density at radius 2 is 1.65 bits per heavy atom. The van der Waals surface area contributed by atoms with Gasteiger partial charge in [-0.3, -0.25) is 4.79 Å². The molecule has 0 spiro atoms. The van der Waals surface area contributed by atoms with E-state index in [1.807, 2.05) is 62.4 Å². The maximum atomic E-state index is 12.1. The minimum atomic E-state index is -0.0890. The fourth-order valence-electron chi connectivity index (χ4n) is 2.27. The zero-order valence-electron chi connectivity index (χ0n) is 13.1. The van der Waals surface area contributed by atoms with Crippen molar-refractivity contribution < 1.29 is 4.79 Å². The fraction of sp³-hybridized carbons (Fsp3) is 0.278. The van der Waals surface area contributed by atoms with Crippen LogP contribution in [0.3, 0.4) is 0 Å². The Balaban J connectivity index is 1.83. The molecule has 0 aliphatic carbocycles. The molecule has 0 aromatic heterocycles. The van der Waals surface area contributed by atoms with Gasteiger partial charge in [-0.1, -0.05) is 47.5 Å². The number of carbonyl (C=O) groups is 1. The molecule has 2 atom stereocenters. The number of halogens is 2. The van der Waals surface area contributed by atoms with Crippen molar-refractivity contribution in [2.75, 3.05) is 6.54 Å². The van der Waals surface area contributed by atoms with Crippen LogP contribution < -0.4 is 10.6 Å². The van der Waals surface area contributed by atoms with Crippen LogP contribution in [0.15, 0.2) is 48.5 Å². The molecule has 0 saturated carbocycles. The lowest BCUT2D eigenvalue weighted by Gasteiger charge is -2.17. The molecular formula is C18H20Cl2N2O. The maximum absolute atomic E-state index is 12.1. The first-order chi connectivity index (χ1) is 11.0. The Morgan fingerprint density at radius 1 is 0.957 bits per heavy atom. The number of nitrogens with one attached hydrogen (secondary N) is 2. The van der Waals surface area contributed by atoms with Gasteiger partial charge in [0.1, 0.15) is 0 Å². The molecule has 0 saturated heterocycles. The molecule has 2 aromatic rings. The van der Waals surface area contributed by atoms with Crippen molar-refractivity contribution in [1.29, 1.82) is 0 Å². The van der Waals surface area contributed by atoms with Gasteiger partial charge in [0.05, 0.1) is 12.6 Å². The largest absolute Gasteiger partial charge is 0.348 e. The molecule has 0 radical (unpaired) electrons. The highest BCUT2D eigenvalue weighted by atomic mass is 35.5. The lowest BCUT2D eigenvalue weighted by molar-refractivity contribution is -0.121. The molecule has 0 unspecified atom stereocenters. The van der Waals surface area contributed by atoms with Crippen molar-refractivity contribution in [1.82, 2.24) is 10.6 Å². The number of rotatable bonds is 6. The summed E-state index contributed by atoms with van der Waals surface area (Å²) in [5.74, 6) is -0.0571. The monoisotopic (exact) mass is 350 g/mol. The van der Waals surface area contributed by atoms with Crippen LogP contribution in [0.4, 0.5) is 0 Å². The van der Waals surface area contributed by atoms with E-state index in [1.54, 1.807) is 0 Å². The van der Waals surface area contributed by atoms with Crippen LogP contribution in [-0.2, 0) is 4.79 Å². The van der Waals surface area contributed by atoms with E-state index in [-0.39, 0.29) is 24.5 Å². The molecule has 3 nitrogen and oxygen atoms in total. The van der Waals surface area contributed by atoms with Crippen molar-refractivity contribution in [3.8, 4) is 0 Å². The van der Waals surface area contributed by atoms with Gasteiger partial charge in [0.25, 0.3) is 0 Å². The van der Waals surface area contributed by atoms with Gasteiger partial charge in [0, 0.05) is 16.1 Å². The average molecular weight is 351 g/mol. The van der Waals surface area contributed by atoms with Gasteiger partial charge >= 0.3 is 0 Å². The highest BCUT2D eigenvalue weighted by Gasteiger charge is 2.11. The van der Waals surface area contributed by atoms with Crippen molar-refractivity contribution in [3.63, 3.8) is 0 Å². The predicted octanol–water partition coefficient (Wildman–Crippen LogP) is 4.52. The van der Waals surface area contributed by atoms with E-state index < -0.39 is 0 Å². The fourth-order valence-corrected chi connectivity index (χ4v) is 2.59. The molecule has 1 amide bonds. The third kappa shape index (κ3) is 5.54. The van der Waals surface area contributed by atoms with Crippen LogP contribution in [-0.4, -0.2) is 12.5 Å². The lowest BCUT2D eigenvalue weighted by Crippen LogP contribution is -2.36. The Bertz CT molecular complexity index is 658. The maximum Gasteiger partial charge on any atom is 0.234 e. The molecule has 0 bridgehead atoms. The van der Waals surface area contributed by atoms with Gasteiger partial charge in [0.2, 0.25) is 5.91 Å². The van der Waals surface area contributed by atoms with Crippen molar-refractivity contribution in [3.05, 3.63) is 69.7 Å². The van der Waals surface area contributed by atoms with Crippen LogP contribution in [0.1, 0.15) is 37.1 Å². The first kappa shape index (κ1) is 17.8. The van der Waals surface area contributed by atoms with Gasteiger partial charge in [-0.25, -0.2) is 0 Å². The summed E-state index contributed by atoms with van der Waals surface area (Å²) in [6.45, 7) is 4.19. The second kappa shape index (κ2) is 8.34. The SMILES string of the molecule is C[C@H](NCC(=O)N[C@H](C)c1cccc(Cl)c1)c1ccc(Cl)cc1. The number of hydrogen-bond acceptors (Lipinski definition) is 2. The summed E-state index contributed by atoms with van der Waals surface area (Å²) < 4.78 is 0. The van der Waals surface area contributed by atoms with Crippen LogP contribution in [0.25, 0.3) is 0 Å². The Morgan fingerprint density at radius 3 is 2.30 bits per heavy atom. The summed E-state index contributed by atoms with van der Waals surface area (Å²) in [6.07, 6.45) is 0. The summed E-state index contributed by atoms with van der Waals surface area (Å²) in [5.41, 5.74) is 2.07. The number of amides is 1. The van der Waals surface area contributed by atoms with E-state index in [0.29, 0.717) is 10.0 Å². The van der Waals surface area contributed by atoms with Crippen LogP contribution in [0, 0.1) is 0 Å². The highest BCUT2D eigenvalue weighted by Crippen LogP contribution is 2.18. The molecule has 0 heterocycles. The van der Waals surface area contributed by atoms with Gasteiger partial charge in [-0.2, -0.15) is 0 Å². The van der Waals surface area contributed by atoms with E-state index in [0.717, 1.165) is 11.1 Å². The molecule has 122 valence electrons. The van der Waals surface area contributed by atoms with Gasteiger partial charge in [-0.05, 0) is 49.2 Å². The van der Waals surface area contributed by atoms with E-state index in [1.165, 1.54) is 0 Å². The molecule has 23 heavy (non-hydrogen) atoms. The smallest absolute Gasteiger partial charge is 0.234 e. The summed E-state index contributed by atoms with van der Waals surface area (Å²) >= 11 is 11.8. The number of benzene rings is 2. The molecule has 5 heteroatoms. The normalized spacial score (nSPS) is 13.4. The van der Waals surface area contributed by atoms with Gasteiger partial charge in [-0.15, -0.1) is 0 Å². The molecule has 2 aromatic carbocycles. The predicted molar refractivity (Wildman–Crippen MR) is 95.9 cm³/mol. The first-order valence-electron chi connectivity index (χ1n) is 7.49. The quantitative estimate of drug-likeness (QED) is 0.803. The van der Waals surface area contributed by atoms with Gasteiger partial charge < -0.3 is 10.6 Å². The summed E-state index contributed by atoms with van der Waals surface area (Å²) in [7, 11) is 0. The minimum absolute atomic E-state index is 0.0571. The lowest BCUT2D eigenvalue weighted by atomic mass is 10.1. The Labute approximate surface area is 147 Å². The Hall–Kier alpha value is -1.55. The standard InChI is InChI=1S/C18H20Cl2N2O/c1-12(14-6-8-16(19)9-7-14)21-11-18(23)22-13(2)15-4-3-5-17(20)10-15/h3-10,12-13,21H,11H2,1-2H3,(H,22,23)/t12-,13+/m0/s1. The van der Waals surface area contributed by atoms with E-state index >= 15 is 0 Å². The van der Waals surface area contributed by atoms with Gasteiger partial charge in [0.15, 0.2) is 0 Å². The first-order valence-corrected chi connectivity index (χ1v) is 8.25. The third-order valence-electron chi connectivity index (χ3n) is 3.66. The molecule has 0 aliphatic heterocycles. The van der Waals surface area contributed by atoms with Crippen LogP contribution >= 0.6 is 23.2 Å². The highest BCUT2D eigenvalue weighted by molar-refractivity contribution is 6.30. The van der Waals surface area contributed by atoms with E-state index in [9.17, 15) is 4.79 Å². The third-order valence-corrected chi connectivity index (χ3v) is 4.15. The van der Waals surface area contributed by atoms with Crippen molar-refractivity contribution >= 4 is 29.1 Å².